The Hall–Kier alpha value is -1.59. The van der Waals surface area contributed by atoms with Gasteiger partial charge in [0.25, 0.3) is 0 Å². The van der Waals surface area contributed by atoms with E-state index in [0.29, 0.717) is 30.9 Å². The Kier molecular flexibility index (Phi) is 6.02. The minimum Gasteiger partial charge on any atom is -0.490 e. The number of carbonyl (C=O) groups is 1. The molecule has 5 nitrogen and oxygen atoms in total. The summed E-state index contributed by atoms with van der Waals surface area (Å²) in [5.74, 6) is 0.523. The molecule has 1 fully saturated rings. The van der Waals surface area contributed by atoms with E-state index in [2.05, 4.69) is 5.32 Å². The van der Waals surface area contributed by atoms with Gasteiger partial charge in [-0.05, 0) is 51.6 Å². The largest absolute Gasteiger partial charge is 0.490 e. The van der Waals surface area contributed by atoms with Gasteiger partial charge in [-0.2, -0.15) is 0 Å². The summed E-state index contributed by atoms with van der Waals surface area (Å²) < 4.78 is 5.81. The maximum absolute atomic E-state index is 12.3. The summed E-state index contributed by atoms with van der Waals surface area (Å²) >= 11 is 0. The molecule has 0 aromatic heterocycles. The number of rotatable bonds is 7. The number of amides is 1. The molecule has 1 aromatic carbocycles. The van der Waals surface area contributed by atoms with Gasteiger partial charge in [-0.3, -0.25) is 4.79 Å². The summed E-state index contributed by atoms with van der Waals surface area (Å²) in [7, 11) is 3.98. The minimum absolute atomic E-state index is 0.151. The molecule has 0 heterocycles. The van der Waals surface area contributed by atoms with Crippen molar-refractivity contribution in [1.82, 2.24) is 4.90 Å². The summed E-state index contributed by atoms with van der Waals surface area (Å²) in [4.78, 5) is 14.3. The Balaban J connectivity index is 1.99. The molecule has 0 unspecified atom stereocenters. The van der Waals surface area contributed by atoms with Gasteiger partial charge in [-0.1, -0.05) is 18.9 Å². The zero-order valence-electron chi connectivity index (χ0n) is 14.4. The molecule has 1 aliphatic rings. The molecule has 1 aromatic rings. The van der Waals surface area contributed by atoms with Crippen molar-refractivity contribution >= 4 is 11.6 Å². The van der Waals surface area contributed by atoms with Gasteiger partial charge in [0, 0.05) is 6.54 Å². The van der Waals surface area contributed by atoms with Gasteiger partial charge in [-0.15, -0.1) is 0 Å². The van der Waals surface area contributed by atoms with Gasteiger partial charge in [0.1, 0.15) is 12.4 Å². The van der Waals surface area contributed by atoms with Gasteiger partial charge in [-0.25, -0.2) is 0 Å². The molecule has 1 amide bonds. The lowest BCUT2D eigenvalue weighted by Crippen LogP contribution is -2.30. The summed E-state index contributed by atoms with van der Waals surface area (Å²) in [6, 6.07) is 5.73. The number of likely N-dealkylation sites (N-methyl/N-ethyl adjacent to an activating group) is 1. The number of anilines is 1. The number of nitrogens with zero attached hydrogens (tertiary/aromatic N) is 1. The van der Waals surface area contributed by atoms with E-state index in [1.165, 1.54) is 0 Å². The highest BCUT2D eigenvalue weighted by molar-refractivity contribution is 5.93. The first-order valence-electron chi connectivity index (χ1n) is 8.28. The van der Waals surface area contributed by atoms with Crippen LogP contribution in [0.1, 0.15) is 37.7 Å². The maximum atomic E-state index is 12.3. The van der Waals surface area contributed by atoms with E-state index in [-0.39, 0.29) is 12.3 Å². The summed E-state index contributed by atoms with van der Waals surface area (Å²) in [6.07, 6.45) is 3.56. The zero-order valence-corrected chi connectivity index (χ0v) is 14.4. The predicted molar refractivity (Wildman–Crippen MR) is 91.9 cm³/mol. The van der Waals surface area contributed by atoms with Crippen LogP contribution in [0.3, 0.4) is 0 Å². The van der Waals surface area contributed by atoms with Crippen molar-refractivity contribution in [3.05, 3.63) is 23.8 Å². The SMILES string of the molecule is Cc1ccc(NC(=O)CC2(O)CCCC2)c(OCCN(C)C)c1. The second-order valence-corrected chi connectivity index (χ2v) is 6.81. The Labute approximate surface area is 138 Å². The second-order valence-electron chi connectivity index (χ2n) is 6.81. The lowest BCUT2D eigenvalue weighted by atomic mass is 9.97. The summed E-state index contributed by atoms with van der Waals surface area (Å²) in [5.41, 5.74) is 0.916. The number of aliphatic hydroxyl groups is 1. The third-order valence-electron chi connectivity index (χ3n) is 4.23. The van der Waals surface area contributed by atoms with Crippen LogP contribution >= 0.6 is 0 Å². The number of hydrogen-bond acceptors (Lipinski definition) is 4. The second kappa shape index (κ2) is 7.79. The van der Waals surface area contributed by atoms with Gasteiger partial charge < -0.3 is 20.1 Å². The fourth-order valence-corrected chi connectivity index (χ4v) is 2.89. The Morgan fingerprint density at radius 3 is 2.70 bits per heavy atom. The lowest BCUT2D eigenvalue weighted by Gasteiger charge is -2.22. The van der Waals surface area contributed by atoms with E-state index in [4.69, 9.17) is 4.74 Å². The number of benzene rings is 1. The molecule has 23 heavy (non-hydrogen) atoms. The Morgan fingerprint density at radius 2 is 2.04 bits per heavy atom. The van der Waals surface area contributed by atoms with Crippen LogP contribution in [0.5, 0.6) is 5.75 Å². The Bertz CT molecular complexity index is 537. The third-order valence-corrected chi connectivity index (χ3v) is 4.23. The van der Waals surface area contributed by atoms with Crippen LogP contribution in [0.25, 0.3) is 0 Å². The van der Waals surface area contributed by atoms with E-state index in [1.807, 2.05) is 44.1 Å². The fraction of sp³-hybridized carbons (Fsp3) is 0.611. The number of ether oxygens (including phenoxy) is 1. The smallest absolute Gasteiger partial charge is 0.227 e. The van der Waals surface area contributed by atoms with Crippen LogP contribution in [-0.4, -0.2) is 48.8 Å². The summed E-state index contributed by atoms with van der Waals surface area (Å²) in [6.45, 7) is 3.36. The lowest BCUT2D eigenvalue weighted by molar-refractivity contribution is -0.120. The van der Waals surface area contributed by atoms with Gasteiger partial charge >= 0.3 is 0 Å². The molecular formula is C18H28N2O3. The third kappa shape index (κ3) is 5.52. The van der Waals surface area contributed by atoms with Crippen LogP contribution in [0, 0.1) is 6.92 Å². The average molecular weight is 320 g/mol. The number of aryl methyl sites for hydroxylation is 1. The van der Waals surface area contributed by atoms with Crippen LogP contribution < -0.4 is 10.1 Å². The zero-order chi connectivity index (χ0) is 16.9. The highest BCUT2D eigenvalue weighted by Crippen LogP contribution is 2.33. The molecule has 1 aliphatic carbocycles. The number of carbonyl (C=O) groups excluding carboxylic acids is 1. The quantitative estimate of drug-likeness (QED) is 0.810. The van der Waals surface area contributed by atoms with Crippen molar-refractivity contribution in [3.8, 4) is 5.75 Å². The van der Waals surface area contributed by atoms with Crippen LogP contribution in [0.4, 0.5) is 5.69 Å². The first-order valence-corrected chi connectivity index (χ1v) is 8.28. The van der Waals surface area contributed by atoms with Crippen molar-refractivity contribution in [2.24, 2.45) is 0 Å². The maximum Gasteiger partial charge on any atom is 0.227 e. The van der Waals surface area contributed by atoms with Crippen LogP contribution in [0.2, 0.25) is 0 Å². The topological polar surface area (TPSA) is 61.8 Å². The minimum atomic E-state index is -0.833. The van der Waals surface area contributed by atoms with E-state index in [9.17, 15) is 9.90 Å². The molecule has 2 N–H and O–H groups in total. The van der Waals surface area contributed by atoms with E-state index in [0.717, 1.165) is 24.9 Å². The molecule has 0 atom stereocenters. The highest BCUT2D eigenvalue weighted by Gasteiger charge is 2.33. The van der Waals surface area contributed by atoms with Gasteiger partial charge in [0.15, 0.2) is 0 Å². The first-order chi connectivity index (χ1) is 10.9. The highest BCUT2D eigenvalue weighted by atomic mass is 16.5. The normalized spacial score (nSPS) is 16.6. The Morgan fingerprint density at radius 1 is 1.35 bits per heavy atom. The molecule has 1 saturated carbocycles. The molecule has 0 spiro atoms. The van der Waals surface area contributed by atoms with Crippen molar-refractivity contribution in [3.63, 3.8) is 0 Å². The average Bonchev–Trinajstić information content (AvgIpc) is 2.87. The molecule has 2 rings (SSSR count). The molecule has 0 aliphatic heterocycles. The number of nitrogens with one attached hydrogen (secondary N) is 1. The van der Waals surface area contributed by atoms with Crippen molar-refractivity contribution in [2.45, 2.75) is 44.6 Å². The van der Waals surface area contributed by atoms with Crippen LogP contribution in [0.15, 0.2) is 18.2 Å². The van der Waals surface area contributed by atoms with E-state index < -0.39 is 5.60 Å². The molecule has 0 saturated heterocycles. The van der Waals surface area contributed by atoms with E-state index in [1.54, 1.807) is 0 Å². The molecular weight excluding hydrogens is 292 g/mol. The monoisotopic (exact) mass is 320 g/mol. The van der Waals surface area contributed by atoms with Crippen molar-refractivity contribution in [1.29, 1.82) is 0 Å². The van der Waals surface area contributed by atoms with Gasteiger partial charge in [0.05, 0.1) is 17.7 Å². The van der Waals surface area contributed by atoms with E-state index >= 15 is 0 Å². The first kappa shape index (κ1) is 17.8. The summed E-state index contributed by atoms with van der Waals surface area (Å²) in [5, 5.41) is 13.2. The van der Waals surface area contributed by atoms with Crippen molar-refractivity contribution in [2.75, 3.05) is 32.6 Å². The standard InChI is InChI=1S/C18H28N2O3/c1-14-6-7-15(16(12-14)23-11-10-20(2)3)19-17(21)13-18(22)8-4-5-9-18/h6-7,12,22H,4-5,8-11,13H2,1-3H3,(H,19,21). The fourth-order valence-electron chi connectivity index (χ4n) is 2.89. The molecule has 0 bridgehead atoms. The number of hydrogen-bond donors (Lipinski definition) is 2. The van der Waals surface area contributed by atoms with Gasteiger partial charge in [0.2, 0.25) is 5.91 Å². The molecule has 128 valence electrons. The molecule has 5 heteroatoms. The predicted octanol–water partition coefficient (Wildman–Crippen LogP) is 2.57. The van der Waals surface area contributed by atoms with Crippen LogP contribution in [-0.2, 0) is 4.79 Å². The van der Waals surface area contributed by atoms with Crippen molar-refractivity contribution < 1.29 is 14.6 Å². The molecule has 0 radical (unpaired) electrons.